The molecular weight excluding hydrogens is 330 g/mol. The van der Waals surface area contributed by atoms with Crippen LogP contribution in [-0.2, 0) is 17.8 Å². The van der Waals surface area contributed by atoms with Gasteiger partial charge in [-0.25, -0.2) is 0 Å². The van der Waals surface area contributed by atoms with E-state index in [2.05, 4.69) is 5.43 Å². The van der Waals surface area contributed by atoms with E-state index in [0.29, 0.717) is 18.8 Å². The number of rotatable bonds is 3. The molecule has 1 aliphatic heterocycles. The van der Waals surface area contributed by atoms with E-state index >= 15 is 0 Å². The van der Waals surface area contributed by atoms with Gasteiger partial charge in [0.1, 0.15) is 6.54 Å². The summed E-state index contributed by atoms with van der Waals surface area (Å²) in [5.41, 5.74) is 12.0. The summed E-state index contributed by atoms with van der Waals surface area (Å²) >= 11 is 0. The number of hydrogen-bond acceptors (Lipinski definition) is 2. The average molecular weight is 346 g/mol. The molecule has 3 rings (SSSR count). The number of hydrazine groups is 1. The standard InChI is InChI=1S/C16H15N3O.BrH/c17-16-14-9-5-4-8-13(14)11-19(16)18-15(20)10-12-6-2-1-3-7-12;/h1-9,17H,10-11H2,(H,18,20);1H. The highest BCUT2D eigenvalue weighted by molar-refractivity contribution is 5.96. The van der Waals surface area contributed by atoms with Gasteiger partial charge in [0.15, 0.2) is 0 Å². The van der Waals surface area contributed by atoms with E-state index in [9.17, 15) is 4.79 Å². The maximum atomic E-state index is 12.0. The predicted octanol–water partition coefficient (Wildman–Crippen LogP) is -1.80. The molecule has 1 amide bonds. The summed E-state index contributed by atoms with van der Waals surface area (Å²) in [5, 5.41) is 0. The van der Waals surface area contributed by atoms with Gasteiger partial charge in [-0.15, -0.1) is 0 Å². The van der Waals surface area contributed by atoms with Crippen molar-refractivity contribution in [2.75, 3.05) is 0 Å². The number of nitrogens with zero attached hydrogens (tertiary/aromatic N) is 1. The monoisotopic (exact) mass is 345 g/mol. The molecule has 0 saturated heterocycles. The number of hydrazone groups is 1. The lowest BCUT2D eigenvalue weighted by Gasteiger charge is -2.05. The van der Waals surface area contributed by atoms with Gasteiger partial charge < -0.3 is 17.0 Å². The Morgan fingerprint density at radius 3 is 2.48 bits per heavy atom. The van der Waals surface area contributed by atoms with Crippen LogP contribution in [0.2, 0.25) is 0 Å². The third-order valence-corrected chi connectivity index (χ3v) is 3.38. The van der Waals surface area contributed by atoms with E-state index in [-0.39, 0.29) is 22.9 Å². The number of hydrogen-bond donors (Lipinski definition) is 2. The van der Waals surface area contributed by atoms with E-state index < -0.39 is 0 Å². The van der Waals surface area contributed by atoms with Gasteiger partial charge in [0, 0.05) is 5.56 Å². The quantitative estimate of drug-likeness (QED) is 0.644. The largest absolute Gasteiger partial charge is 1.00 e. The molecule has 0 spiro atoms. The summed E-state index contributed by atoms with van der Waals surface area (Å²) in [6.45, 7) is 0.614. The first kappa shape index (κ1) is 15.3. The van der Waals surface area contributed by atoms with Crippen molar-refractivity contribution < 1.29 is 26.5 Å². The highest BCUT2D eigenvalue weighted by Gasteiger charge is 2.25. The number of amides is 1. The van der Waals surface area contributed by atoms with Crippen LogP contribution >= 0.6 is 0 Å². The number of nitrogens with one attached hydrogen (secondary N) is 1. The van der Waals surface area contributed by atoms with Crippen LogP contribution in [0.3, 0.4) is 0 Å². The van der Waals surface area contributed by atoms with Crippen molar-refractivity contribution in [3.63, 3.8) is 0 Å². The molecule has 108 valence electrons. The first-order valence-corrected chi connectivity index (χ1v) is 6.55. The van der Waals surface area contributed by atoms with Crippen molar-refractivity contribution in [1.29, 1.82) is 0 Å². The van der Waals surface area contributed by atoms with Crippen LogP contribution in [0.5, 0.6) is 0 Å². The van der Waals surface area contributed by atoms with Gasteiger partial charge in [0.2, 0.25) is 0 Å². The second-order valence-electron chi connectivity index (χ2n) is 4.83. The molecule has 0 unspecified atom stereocenters. The molecule has 2 aromatic carbocycles. The van der Waals surface area contributed by atoms with Crippen molar-refractivity contribution in [2.24, 2.45) is 5.73 Å². The molecular formula is C16H16BrN3O. The Balaban J connectivity index is 0.00000161. The number of carbonyl (C=O) groups excluding carboxylic acids is 1. The van der Waals surface area contributed by atoms with Gasteiger partial charge in [-0.1, -0.05) is 48.5 Å². The molecule has 0 aliphatic carbocycles. The second-order valence-corrected chi connectivity index (χ2v) is 4.83. The summed E-state index contributed by atoms with van der Waals surface area (Å²) < 4.78 is 1.70. The highest BCUT2D eigenvalue weighted by Crippen LogP contribution is 2.14. The first-order chi connectivity index (χ1) is 9.74. The lowest BCUT2D eigenvalue weighted by Crippen LogP contribution is -3.00. The number of carbonyl (C=O) groups is 1. The number of nitrogens with two attached hydrogens (primary N) is 1. The van der Waals surface area contributed by atoms with Crippen LogP contribution in [-0.4, -0.2) is 16.4 Å². The topological polar surface area (TPSA) is 58.1 Å². The van der Waals surface area contributed by atoms with Crippen LogP contribution in [0.25, 0.3) is 0 Å². The first-order valence-electron chi connectivity index (χ1n) is 6.55. The molecule has 0 fully saturated rings. The van der Waals surface area contributed by atoms with E-state index in [1.54, 1.807) is 4.68 Å². The zero-order chi connectivity index (χ0) is 13.9. The smallest absolute Gasteiger partial charge is 0.299 e. The zero-order valence-corrected chi connectivity index (χ0v) is 13.0. The van der Waals surface area contributed by atoms with Gasteiger partial charge in [-0.3, -0.25) is 10.5 Å². The Labute approximate surface area is 134 Å². The van der Waals surface area contributed by atoms with Gasteiger partial charge in [0.25, 0.3) is 11.7 Å². The summed E-state index contributed by atoms with van der Waals surface area (Å²) in [7, 11) is 0. The highest BCUT2D eigenvalue weighted by atomic mass is 79.9. The van der Waals surface area contributed by atoms with Crippen molar-refractivity contribution in [3.8, 4) is 0 Å². The molecule has 0 aromatic heterocycles. The molecule has 2 aromatic rings. The third kappa shape index (κ3) is 3.31. The Morgan fingerprint density at radius 1 is 1.10 bits per heavy atom. The summed E-state index contributed by atoms with van der Waals surface area (Å²) in [5.74, 6) is 0.536. The summed E-state index contributed by atoms with van der Waals surface area (Å²) in [6, 6.07) is 17.6. The lowest BCUT2D eigenvalue weighted by molar-refractivity contribution is -0.585. The minimum atomic E-state index is -0.0630. The Hall–Kier alpha value is -2.14. The van der Waals surface area contributed by atoms with Crippen LogP contribution in [0.4, 0.5) is 0 Å². The number of amidine groups is 1. The number of fused-ring (bicyclic) bond motifs is 1. The predicted molar refractivity (Wildman–Crippen MR) is 77.0 cm³/mol. The molecule has 3 N–H and O–H groups in total. The SMILES string of the molecule is NC1=[N+](NC(=O)Cc2ccccc2)Cc2ccccc21.[Br-]. The van der Waals surface area contributed by atoms with Gasteiger partial charge in [-0.2, -0.15) is 10.1 Å². The Morgan fingerprint density at radius 2 is 1.76 bits per heavy atom. The van der Waals surface area contributed by atoms with E-state index in [4.69, 9.17) is 5.73 Å². The maximum Gasteiger partial charge on any atom is 0.299 e. The summed E-state index contributed by atoms with van der Waals surface area (Å²) in [4.78, 5) is 12.0. The van der Waals surface area contributed by atoms with Crippen molar-refractivity contribution in [2.45, 2.75) is 13.0 Å². The van der Waals surface area contributed by atoms with Gasteiger partial charge in [-0.05, 0) is 11.6 Å². The molecule has 0 atom stereocenters. The minimum absolute atomic E-state index is 0. The van der Waals surface area contributed by atoms with Crippen molar-refractivity contribution in [1.82, 2.24) is 5.43 Å². The minimum Gasteiger partial charge on any atom is -1.00 e. The normalized spacial score (nSPS) is 12.6. The molecule has 5 heteroatoms. The fraction of sp³-hybridized carbons (Fsp3) is 0.125. The fourth-order valence-electron chi connectivity index (χ4n) is 2.38. The third-order valence-electron chi connectivity index (χ3n) is 3.38. The lowest BCUT2D eigenvalue weighted by atomic mass is 10.1. The Bertz CT molecular complexity index is 683. The Kier molecular flexibility index (Phi) is 4.75. The molecule has 1 heterocycles. The second kappa shape index (κ2) is 6.54. The van der Waals surface area contributed by atoms with Gasteiger partial charge in [0.05, 0.1) is 12.0 Å². The molecule has 21 heavy (non-hydrogen) atoms. The van der Waals surface area contributed by atoms with Crippen LogP contribution in [0.15, 0.2) is 54.6 Å². The fourth-order valence-corrected chi connectivity index (χ4v) is 2.38. The van der Waals surface area contributed by atoms with Crippen molar-refractivity contribution >= 4 is 11.7 Å². The molecule has 0 bridgehead atoms. The van der Waals surface area contributed by atoms with E-state index in [0.717, 1.165) is 16.7 Å². The van der Waals surface area contributed by atoms with Crippen LogP contribution in [0, 0.1) is 0 Å². The van der Waals surface area contributed by atoms with Crippen LogP contribution in [0.1, 0.15) is 16.7 Å². The number of halogens is 1. The van der Waals surface area contributed by atoms with E-state index in [1.807, 2.05) is 54.6 Å². The summed E-state index contributed by atoms with van der Waals surface area (Å²) in [6.07, 6.45) is 0.348. The zero-order valence-electron chi connectivity index (χ0n) is 11.4. The van der Waals surface area contributed by atoms with Gasteiger partial charge >= 0.3 is 0 Å². The molecule has 0 radical (unpaired) electrons. The maximum absolute atomic E-state index is 12.0. The average Bonchev–Trinajstić information content (AvgIpc) is 2.77. The van der Waals surface area contributed by atoms with E-state index in [1.165, 1.54) is 0 Å². The molecule has 4 nitrogen and oxygen atoms in total. The molecule has 1 aliphatic rings. The number of benzene rings is 2. The van der Waals surface area contributed by atoms with Crippen molar-refractivity contribution in [3.05, 3.63) is 71.3 Å². The molecule has 0 saturated carbocycles. The van der Waals surface area contributed by atoms with Crippen LogP contribution < -0.4 is 28.1 Å².